The van der Waals surface area contributed by atoms with Crippen molar-refractivity contribution in [2.45, 2.75) is 59.0 Å². The first-order valence-electron chi connectivity index (χ1n) is 11.5. The van der Waals surface area contributed by atoms with Crippen molar-refractivity contribution in [1.82, 2.24) is 29.8 Å². The third-order valence-corrected chi connectivity index (χ3v) is 5.88. The van der Waals surface area contributed by atoms with E-state index in [2.05, 4.69) is 27.5 Å². The lowest BCUT2D eigenvalue weighted by molar-refractivity contribution is 0.465. The minimum absolute atomic E-state index is 0.265. The summed E-state index contributed by atoms with van der Waals surface area (Å²) >= 11 is 0. The van der Waals surface area contributed by atoms with E-state index >= 15 is 4.39 Å². The quantitative estimate of drug-likeness (QED) is 0.377. The molecule has 0 spiro atoms. The first kappa shape index (κ1) is 22.6. The van der Waals surface area contributed by atoms with Gasteiger partial charge in [-0.15, -0.1) is 10.2 Å². The Balaban J connectivity index is 1.64. The predicted octanol–water partition coefficient (Wildman–Crippen LogP) is 4.83. The molecule has 0 radical (unpaired) electrons. The molecule has 2 heterocycles. The Hall–Kier alpha value is -3.55. The van der Waals surface area contributed by atoms with Crippen LogP contribution in [0.1, 0.15) is 50.8 Å². The SMILES string of the molecule is CCCCc1c(F)n(CCCC)c(=O)n1Cc1ccc(-c2ccccc2-c2nn[nH]n2)cc1. The molecular weight excluding hydrogens is 419 g/mol. The molecule has 2 aromatic carbocycles. The Morgan fingerprint density at radius 3 is 2.33 bits per heavy atom. The van der Waals surface area contributed by atoms with E-state index in [1.54, 1.807) is 4.57 Å². The zero-order valence-corrected chi connectivity index (χ0v) is 19.1. The van der Waals surface area contributed by atoms with Crippen molar-refractivity contribution >= 4 is 0 Å². The van der Waals surface area contributed by atoms with Crippen molar-refractivity contribution < 1.29 is 4.39 Å². The zero-order chi connectivity index (χ0) is 23.2. The summed E-state index contributed by atoms with van der Waals surface area (Å²) in [5.41, 5.74) is 4.06. The summed E-state index contributed by atoms with van der Waals surface area (Å²) < 4.78 is 18.0. The number of unbranched alkanes of at least 4 members (excludes halogenated alkanes) is 2. The van der Waals surface area contributed by atoms with E-state index in [-0.39, 0.29) is 11.6 Å². The molecule has 0 saturated heterocycles. The molecule has 1 N–H and O–H groups in total. The summed E-state index contributed by atoms with van der Waals surface area (Å²) in [6, 6.07) is 15.9. The fourth-order valence-electron chi connectivity index (χ4n) is 4.05. The van der Waals surface area contributed by atoms with Gasteiger partial charge in [-0.3, -0.25) is 9.13 Å². The van der Waals surface area contributed by atoms with Crippen molar-refractivity contribution in [3.05, 3.63) is 76.2 Å². The molecule has 0 saturated carbocycles. The second kappa shape index (κ2) is 10.4. The molecule has 0 aliphatic heterocycles. The van der Waals surface area contributed by atoms with E-state index in [0.29, 0.717) is 31.0 Å². The summed E-state index contributed by atoms with van der Waals surface area (Å²) in [7, 11) is 0. The summed E-state index contributed by atoms with van der Waals surface area (Å²) in [6.45, 7) is 4.87. The van der Waals surface area contributed by atoms with Gasteiger partial charge in [-0.05, 0) is 41.2 Å². The maximum atomic E-state index is 15.1. The van der Waals surface area contributed by atoms with Crippen LogP contribution >= 0.6 is 0 Å². The number of imidazole rings is 1. The van der Waals surface area contributed by atoms with E-state index in [9.17, 15) is 4.79 Å². The van der Waals surface area contributed by atoms with Crippen molar-refractivity contribution in [3.8, 4) is 22.5 Å². The topological polar surface area (TPSA) is 81.4 Å². The highest BCUT2D eigenvalue weighted by molar-refractivity contribution is 5.80. The number of nitrogens with one attached hydrogen (secondary N) is 1. The number of aromatic nitrogens is 6. The lowest BCUT2D eigenvalue weighted by Gasteiger charge is -2.10. The second-order valence-electron chi connectivity index (χ2n) is 8.19. The highest BCUT2D eigenvalue weighted by atomic mass is 19.1. The predicted molar refractivity (Wildman–Crippen MR) is 126 cm³/mol. The van der Waals surface area contributed by atoms with Gasteiger partial charge in [-0.25, -0.2) is 4.79 Å². The first-order chi connectivity index (χ1) is 16.1. The summed E-state index contributed by atoms with van der Waals surface area (Å²) in [6.07, 6.45) is 4.05. The maximum absolute atomic E-state index is 15.1. The molecule has 0 amide bonds. The Morgan fingerprint density at radius 2 is 1.67 bits per heavy atom. The van der Waals surface area contributed by atoms with E-state index in [1.165, 1.54) is 4.57 Å². The van der Waals surface area contributed by atoms with Crippen LogP contribution in [0.15, 0.2) is 53.3 Å². The van der Waals surface area contributed by atoms with Gasteiger partial charge in [0.1, 0.15) is 0 Å². The summed E-state index contributed by atoms with van der Waals surface area (Å²) in [4.78, 5) is 13.0. The minimum Gasteiger partial charge on any atom is -0.289 e. The summed E-state index contributed by atoms with van der Waals surface area (Å²) in [5, 5.41) is 14.3. The van der Waals surface area contributed by atoms with E-state index in [0.717, 1.165) is 47.9 Å². The highest BCUT2D eigenvalue weighted by Crippen LogP contribution is 2.29. The summed E-state index contributed by atoms with van der Waals surface area (Å²) in [5.74, 6) is 0.151. The number of hydrogen-bond acceptors (Lipinski definition) is 4. The van der Waals surface area contributed by atoms with Crippen LogP contribution in [-0.2, 0) is 19.5 Å². The largest absolute Gasteiger partial charge is 0.330 e. The lowest BCUT2D eigenvalue weighted by atomic mass is 9.98. The van der Waals surface area contributed by atoms with Gasteiger partial charge in [0.25, 0.3) is 0 Å². The lowest BCUT2D eigenvalue weighted by Crippen LogP contribution is -2.26. The molecule has 2 aromatic heterocycles. The first-order valence-corrected chi connectivity index (χ1v) is 11.5. The fraction of sp³-hybridized carbons (Fsp3) is 0.360. The van der Waals surface area contributed by atoms with Crippen LogP contribution in [0.3, 0.4) is 0 Å². The van der Waals surface area contributed by atoms with Gasteiger partial charge in [0, 0.05) is 12.1 Å². The van der Waals surface area contributed by atoms with Crippen molar-refractivity contribution in [3.63, 3.8) is 0 Å². The van der Waals surface area contributed by atoms with Crippen LogP contribution in [0.5, 0.6) is 0 Å². The monoisotopic (exact) mass is 448 g/mol. The molecule has 0 aliphatic rings. The Bertz CT molecular complexity index is 1240. The van der Waals surface area contributed by atoms with Gasteiger partial charge in [0.2, 0.25) is 11.8 Å². The maximum Gasteiger partial charge on any atom is 0.330 e. The number of rotatable bonds is 10. The Labute approximate surface area is 192 Å². The molecule has 0 bridgehead atoms. The fourth-order valence-corrected chi connectivity index (χ4v) is 4.05. The molecule has 0 fully saturated rings. The number of aromatic amines is 1. The standard InChI is InChI=1S/C25H29FN6O/c1-3-5-11-22-23(26)31(16-6-4-2)25(33)32(22)17-18-12-14-19(15-13-18)20-9-7-8-10-21(20)24-27-29-30-28-24/h7-10,12-15H,3-6,11,16-17H2,1-2H3,(H,27,28,29,30). The molecular formula is C25H29FN6O. The second-order valence-corrected chi connectivity index (χ2v) is 8.19. The molecule has 4 aromatic rings. The van der Waals surface area contributed by atoms with Crippen molar-refractivity contribution in [2.24, 2.45) is 0 Å². The van der Waals surface area contributed by atoms with E-state index in [4.69, 9.17) is 0 Å². The zero-order valence-electron chi connectivity index (χ0n) is 19.1. The minimum atomic E-state index is -0.382. The highest BCUT2D eigenvalue weighted by Gasteiger charge is 2.19. The molecule has 7 nitrogen and oxygen atoms in total. The number of tetrazole rings is 1. The average Bonchev–Trinajstić information content (AvgIpc) is 3.45. The number of H-pyrrole nitrogens is 1. The van der Waals surface area contributed by atoms with E-state index < -0.39 is 0 Å². The van der Waals surface area contributed by atoms with Gasteiger partial charge in [-0.1, -0.05) is 75.2 Å². The molecule has 172 valence electrons. The van der Waals surface area contributed by atoms with Crippen LogP contribution in [0.25, 0.3) is 22.5 Å². The Morgan fingerprint density at radius 1 is 0.939 bits per heavy atom. The normalized spacial score (nSPS) is 11.2. The van der Waals surface area contributed by atoms with Crippen LogP contribution in [0.4, 0.5) is 4.39 Å². The van der Waals surface area contributed by atoms with Gasteiger partial charge < -0.3 is 0 Å². The van der Waals surface area contributed by atoms with Crippen LogP contribution in [0.2, 0.25) is 0 Å². The molecule has 8 heteroatoms. The Kier molecular flexibility index (Phi) is 7.12. The van der Waals surface area contributed by atoms with Crippen molar-refractivity contribution in [2.75, 3.05) is 0 Å². The molecule has 4 rings (SSSR count). The van der Waals surface area contributed by atoms with Gasteiger partial charge in [0.15, 0.2) is 0 Å². The van der Waals surface area contributed by atoms with Gasteiger partial charge in [-0.2, -0.15) is 9.60 Å². The van der Waals surface area contributed by atoms with Gasteiger partial charge >= 0.3 is 5.69 Å². The third-order valence-electron chi connectivity index (χ3n) is 5.88. The van der Waals surface area contributed by atoms with Crippen LogP contribution in [0, 0.1) is 5.95 Å². The molecule has 33 heavy (non-hydrogen) atoms. The number of halogens is 1. The third kappa shape index (κ3) is 4.79. The smallest absolute Gasteiger partial charge is 0.289 e. The van der Waals surface area contributed by atoms with Crippen molar-refractivity contribution in [1.29, 1.82) is 0 Å². The molecule has 0 unspecified atom stereocenters. The van der Waals surface area contributed by atoms with Crippen LogP contribution in [-0.4, -0.2) is 29.8 Å². The molecule has 0 aliphatic carbocycles. The molecule has 0 atom stereocenters. The van der Waals surface area contributed by atoms with E-state index in [1.807, 2.05) is 55.5 Å². The van der Waals surface area contributed by atoms with Crippen LogP contribution < -0.4 is 5.69 Å². The number of nitrogens with zero attached hydrogens (tertiary/aromatic N) is 5. The number of benzene rings is 2. The number of hydrogen-bond donors (Lipinski definition) is 1. The average molecular weight is 449 g/mol. The van der Waals surface area contributed by atoms with Gasteiger partial charge in [0.05, 0.1) is 12.2 Å².